The highest BCUT2D eigenvalue weighted by Gasteiger charge is 2.39. The van der Waals surface area contributed by atoms with Crippen molar-refractivity contribution in [1.82, 2.24) is 9.62 Å². The Morgan fingerprint density at radius 2 is 1.97 bits per heavy atom. The molecule has 190 valence electrons. The SMILES string of the molecule is CCCC1CC(=O)C2=C(C1)NC(C)=C(C#N)C2c1cc(Br)c(OCCOC)c(S(=O)(=O)N(C)C)c1. The third kappa shape index (κ3) is 5.48. The summed E-state index contributed by atoms with van der Waals surface area (Å²) in [5, 5.41) is 13.3. The Bertz CT molecular complexity index is 1210. The molecule has 0 amide bonds. The second kappa shape index (κ2) is 11.2. The van der Waals surface area contributed by atoms with Gasteiger partial charge in [-0.25, -0.2) is 12.7 Å². The van der Waals surface area contributed by atoms with E-state index < -0.39 is 15.9 Å². The third-order valence-electron chi connectivity index (χ3n) is 6.39. The molecule has 3 rings (SSSR count). The zero-order valence-electron chi connectivity index (χ0n) is 20.8. The highest BCUT2D eigenvalue weighted by Crippen LogP contribution is 2.46. The highest BCUT2D eigenvalue weighted by molar-refractivity contribution is 9.10. The summed E-state index contributed by atoms with van der Waals surface area (Å²) in [5.74, 6) is -0.244. The fourth-order valence-corrected chi connectivity index (χ4v) is 6.53. The molecule has 1 aromatic carbocycles. The van der Waals surface area contributed by atoms with E-state index in [0.29, 0.717) is 33.3 Å². The van der Waals surface area contributed by atoms with Crippen LogP contribution in [0.2, 0.25) is 0 Å². The number of nitrogens with one attached hydrogen (secondary N) is 1. The van der Waals surface area contributed by atoms with E-state index in [2.05, 4.69) is 34.2 Å². The topological polar surface area (TPSA) is 109 Å². The number of dihydropyridines is 1. The normalized spacial score (nSPS) is 20.6. The third-order valence-corrected chi connectivity index (χ3v) is 8.80. The number of hydrogen-bond acceptors (Lipinski definition) is 7. The molecule has 1 aliphatic heterocycles. The average molecular weight is 567 g/mol. The van der Waals surface area contributed by atoms with Gasteiger partial charge in [-0.05, 0) is 59.3 Å². The molecule has 2 atom stereocenters. The summed E-state index contributed by atoms with van der Waals surface area (Å²) < 4.78 is 38.9. The molecule has 2 aliphatic rings. The van der Waals surface area contributed by atoms with Gasteiger partial charge in [-0.1, -0.05) is 13.3 Å². The molecule has 0 radical (unpaired) electrons. The molecular formula is C25H32BrN3O5S. The number of methoxy groups -OCH3 is 1. The first kappa shape index (κ1) is 27.4. The number of hydrogen-bond donors (Lipinski definition) is 1. The number of ether oxygens (including phenoxy) is 2. The van der Waals surface area contributed by atoms with Crippen LogP contribution in [0.15, 0.2) is 44.0 Å². The second-order valence-corrected chi connectivity index (χ2v) is 12.0. The zero-order valence-corrected chi connectivity index (χ0v) is 23.2. The van der Waals surface area contributed by atoms with Crippen molar-refractivity contribution < 1.29 is 22.7 Å². The van der Waals surface area contributed by atoms with Crippen molar-refractivity contribution in [2.75, 3.05) is 34.4 Å². The lowest BCUT2D eigenvalue weighted by atomic mass is 9.72. The summed E-state index contributed by atoms with van der Waals surface area (Å²) in [7, 11) is 0.526. The second-order valence-electron chi connectivity index (χ2n) is 9.05. The van der Waals surface area contributed by atoms with Gasteiger partial charge in [0.2, 0.25) is 10.0 Å². The minimum absolute atomic E-state index is 0.00369. The van der Waals surface area contributed by atoms with Crippen LogP contribution in [-0.4, -0.2) is 52.9 Å². The number of sulfonamides is 1. The molecule has 0 bridgehead atoms. The van der Waals surface area contributed by atoms with Crippen molar-refractivity contribution in [1.29, 1.82) is 5.26 Å². The van der Waals surface area contributed by atoms with E-state index in [-0.39, 0.29) is 35.6 Å². The van der Waals surface area contributed by atoms with Crippen LogP contribution < -0.4 is 10.1 Å². The summed E-state index contributed by atoms with van der Waals surface area (Å²) in [5.41, 5.74) is 3.00. The molecule has 0 saturated heterocycles. The molecule has 0 fully saturated rings. The minimum atomic E-state index is -3.90. The number of allylic oxidation sites excluding steroid dienone is 4. The number of carbonyl (C=O) groups is 1. The van der Waals surface area contributed by atoms with E-state index in [9.17, 15) is 18.5 Å². The Morgan fingerprint density at radius 3 is 2.57 bits per heavy atom. The van der Waals surface area contributed by atoms with Crippen LogP contribution in [0, 0.1) is 17.2 Å². The van der Waals surface area contributed by atoms with Gasteiger partial charge in [0.25, 0.3) is 0 Å². The molecular weight excluding hydrogens is 534 g/mol. The molecule has 0 aromatic heterocycles. The van der Waals surface area contributed by atoms with Crippen molar-refractivity contribution in [3.05, 3.63) is 44.7 Å². The van der Waals surface area contributed by atoms with Crippen LogP contribution in [0.4, 0.5) is 0 Å². The van der Waals surface area contributed by atoms with Gasteiger partial charge in [-0.2, -0.15) is 5.26 Å². The van der Waals surface area contributed by atoms with Gasteiger partial charge in [0, 0.05) is 44.6 Å². The summed E-state index contributed by atoms with van der Waals surface area (Å²) in [6.45, 7) is 4.36. The molecule has 35 heavy (non-hydrogen) atoms. The van der Waals surface area contributed by atoms with Crippen molar-refractivity contribution in [3.63, 3.8) is 0 Å². The maximum Gasteiger partial charge on any atom is 0.246 e. The van der Waals surface area contributed by atoms with Gasteiger partial charge in [0.1, 0.15) is 11.5 Å². The molecule has 1 aliphatic carbocycles. The number of rotatable bonds is 9. The van der Waals surface area contributed by atoms with Crippen LogP contribution >= 0.6 is 15.9 Å². The van der Waals surface area contributed by atoms with Crippen molar-refractivity contribution >= 4 is 31.7 Å². The van der Waals surface area contributed by atoms with Crippen LogP contribution in [0.25, 0.3) is 0 Å². The zero-order chi connectivity index (χ0) is 25.9. The van der Waals surface area contributed by atoms with Gasteiger partial charge in [-0.15, -0.1) is 0 Å². The lowest BCUT2D eigenvalue weighted by molar-refractivity contribution is -0.117. The Labute approximate surface area is 216 Å². The molecule has 10 heteroatoms. The average Bonchev–Trinajstić information content (AvgIpc) is 2.79. The Morgan fingerprint density at radius 1 is 1.26 bits per heavy atom. The Balaban J connectivity index is 2.22. The fraction of sp³-hybridized carbons (Fsp3) is 0.520. The Hall–Kier alpha value is -2.19. The maximum atomic E-state index is 13.4. The predicted molar refractivity (Wildman–Crippen MR) is 136 cm³/mol. The monoisotopic (exact) mass is 565 g/mol. The minimum Gasteiger partial charge on any atom is -0.489 e. The highest BCUT2D eigenvalue weighted by atomic mass is 79.9. The number of halogens is 1. The number of nitrogens with zero attached hydrogens (tertiary/aromatic N) is 2. The summed E-state index contributed by atoms with van der Waals surface area (Å²) in [6, 6.07) is 5.53. The number of nitriles is 1. The van der Waals surface area contributed by atoms with Crippen molar-refractivity contribution in [3.8, 4) is 11.8 Å². The summed E-state index contributed by atoms with van der Waals surface area (Å²) >= 11 is 3.48. The number of Topliss-reactive ketones (excluding diaryl/α,β-unsaturated/α-hetero) is 1. The van der Waals surface area contributed by atoms with Gasteiger partial charge in [-0.3, -0.25) is 4.79 Å². The summed E-state index contributed by atoms with van der Waals surface area (Å²) in [6.07, 6.45) is 3.09. The van der Waals surface area contributed by atoms with E-state index in [0.717, 1.165) is 29.3 Å². The van der Waals surface area contributed by atoms with Gasteiger partial charge in [0.15, 0.2) is 11.5 Å². The molecule has 8 nitrogen and oxygen atoms in total. The van der Waals surface area contributed by atoms with E-state index in [1.54, 1.807) is 6.07 Å². The smallest absolute Gasteiger partial charge is 0.246 e. The van der Waals surface area contributed by atoms with Crippen LogP contribution in [0.5, 0.6) is 5.75 Å². The van der Waals surface area contributed by atoms with E-state index >= 15 is 0 Å². The first-order valence-corrected chi connectivity index (χ1v) is 13.8. The first-order chi connectivity index (χ1) is 16.6. The fourth-order valence-electron chi connectivity index (χ4n) is 4.72. The summed E-state index contributed by atoms with van der Waals surface area (Å²) in [4.78, 5) is 13.3. The number of benzene rings is 1. The van der Waals surface area contributed by atoms with E-state index in [1.165, 1.54) is 27.3 Å². The quantitative estimate of drug-likeness (QED) is 0.446. The number of carbonyl (C=O) groups excluding carboxylic acids is 1. The molecule has 0 spiro atoms. The van der Waals surface area contributed by atoms with Gasteiger partial charge in [0.05, 0.1) is 28.6 Å². The predicted octanol–water partition coefficient (Wildman–Crippen LogP) is 4.24. The molecule has 1 heterocycles. The maximum absolute atomic E-state index is 13.4. The van der Waals surface area contributed by atoms with Crippen LogP contribution in [0.3, 0.4) is 0 Å². The Kier molecular flexibility index (Phi) is 8.81. The number of ketones is 1. The van der Waals surface area contributed by atoms with Crippen LogP contribution in [-0.2, 0) is 19.6 Å². The van der Waals surface area contributed by atoms with Gasteiger partial charge < -0.3 is 14.8 Å². The van der Waals surface area contributed by atoms with Crippen LogP contribution in [0.1, 0.15) is 51.0 Å². The van der Waals surface area contributed by atoms with E-state index in [4.69, 9.17) is 9.47 Å². The van der Waals surface area contributed by atoms with Gasteiger partial charge >= 0.3 is 0 Å². The lowest BCUT2D eigenvalue weighted by Crippen LogP contribution is -2.34. The molecule has 2 unspecified atom stereocenters. The molecule has 1 aromatic rings. The van der Waals surface area contributed by atoms with Crippen molar-refractivity contribution in [2.45, 2.75) is 50.3 Å². The molecule has 1 N–H and O–H groups in total. The largest absolute Gasteiger partial charge is 0.489 e. The standard InChI is InChI=1S/C25H32BrN3O5S/c1-6-7-16-10-20-24(21(30)11-16)23(18(14-27)15(2)28-20)17-12-19(26)25(34-9-8-33-5)22(13-17)35(31,32)29(3)4/h12-13,16,23,28H,6-11H2,1-5H3. The van der Waals surface area contributed by atoms with Crippen molar-refractivity contribution in [2.24, 2.45) is 5.92 Å². The molecule has 0 saturated carbocycles. The first-order valence-electron chi connectivity index (χ1n) is 11.6. The lowest BCUT2D eigenvalue weighted by Gasteiger charge is -2.35. The van der Waals surface area contributed by atoms with E-state index in [1.807, 2.05) is 6.92 Å².